The molecule has 0 bridgehead atoms. The van der Waals surface area contributed by atoms with Crippen LogP contribution in [-0.4, -0.2) is 41.7 Å². The normalized spacial score (nSPS) is 12.7. The van der Waals surface area contributed by atoms with Gasteiger partial charge >= 0.3 is 5.97 Å². The molecule has 2 aromatic rings. The SMILES string of the molecule is CCCCN1C(=O)c2ccc(C(=O)OCC(=O)NCc3ccccc3)cc2C1=O. The number of nitrogens with one attached hydrogen (secondary N) is 1. The second kappa shape index (κ2) is 9.14. The molecule has 2 aromatic carbocycles. The number of fused-ring (bicyclic) bond motifs is 1. The molecule has 0 unspecified atom stereocenters. The lowest BCUT2D eigenvalue weighted by molar-refractivity contribution is -0.124. The van der Waals surface area contributed by atoms with Gasteiger partial charge in [-0.15, -0.1) is 0 Å². The standard InChI is InChI=1S/C22H22N2O5/c1-2-3-11-24-20(26)17-10-9-16(12-18(17)21(24)27)22(28)29-14-19(25)23-13-15-7-5-4-6-8-15/h4-10,12H,2-3,11,13-14H2,1H3,(H,23,25). The number of ether oxygens (including phenoxy) is 1. The van der Waals surface area contributed by atoms with Crippen molar-refractivity contribution in [2.45, 2.75) is 26.3 Å². The van der Waals surface area contributed by atoms with Crippen molar-refractivity contribution in [1.82, 2.24) is 10.2 Å². The average Bonchev–Trinajstić information content (AvgIpc) is 2.99. The fourth-order valence-corrected chi connectivity index (χ4v) is 3.00. The quantitative estimate of drug-likeness (QED) is 0.549. The zero-order chi connectivity index (χ0) is 20.8. The predicted molar refractivity (Wildman–Crippen MR) is 105 cm³/mol. The van der Waals surface area contributed by atoms with E-state index in [-0.39, 0.29) is 22.6 Å². The number of rotatable bonds is 8. The van der Waals surface area contributed by atoms with Crippen LogP contribution in [0.4, 0.5) is 0 Å². The minimum Gasteiger partial charge on any atom is -0.452 e. The lowest BCUT2D eigenvalue weighted by Gasteiger charge is -2.12. The fourth-order valence-electron chi connectivity index (χ4n) is 3.00. The molecule has 3 amide bonds. The first kappa shape index (κ1) is 20.3. The van der Waals surface area contributed by atoms with E-state index in [0.29, 0.717) is 13.1 Å². The summed E-state index contributed by atoms with van der Waals surface area (Å²) in [7, 11) is 0. The molecule has 3 rings (SSSR count). The minimum absolute atomic E-state index is 0.123. The monoisotopic (exact) mass is 394 g/mol. The van der Waals surface area contributed by atoms with Gasteiger partial charge in [-0.1, -0.05) is 43.7 Å². The summed E-state index contributed by atoms with van der Waals surface area (Å²) in [6.07, 6.45) is 1.58. The molecule has 150 valence electrons. The Hall–Kier alpha value is -3.48. The van der Waals surface area contributed by atoms with Crippen LogP contribution in [-0.2, 0) is 16.1 Å². The largest absolute Gasteiger partial charge is 0.452 e. The Labute approximate surface area is 168 Å². The van der Waals surface area contributed by atoms with Crippen molar-refractivity contribution in [1.29, 1.82) is 0 Å². The van der Waals surface area contributed by atoms with Crippen molar-refractivity contribution < 1.29 is 23.9 Å². The zero-order valence-corrected chi connectivity index (χ0v) is 16.1. The third kappa shape index (κ3) is 4.68. The third-order valence-electron chi connectivity index (χ3n) is 4.61. The van der Waals surface area contributed by atoms with Gasteiger partial charge in [-0.05, 0) is 30.2 Å². The summed E-state index contributed by atoms with van der Waals surface area (Å²) >= 11 is 0. The van der Waals surface area contributed by atoms with E-state index in [1.54, 1.807) is 0 Å². The van der Waals surface area contributed by atoms with E-state index in [2.05, 4.69) is 5.32 Å². The molecule has 1 N–H and O–H groups in total. The van der Waals surface area contributed by atoms with Gasteiger partial charge in [-0.2, -0.15) is 0 Å². The van der Waals surface area contributed by atoms with Gasteiger partial charge in [-0.25, -0.2) is 4.79 Å². The van der Waals surface area contributed by atoms with Crippen molar-refractivity contribution in [3.63, 3.8) is 0 Å². The summed E-state index contributed by atoms with van der Waals surface area (Å²) in [5, 5.41) is 2.66. The van der Waals surface area contributed by atoms with Gasteiger partial charge in [0.05, 0.1) is 16.7 Å². The van der Waals surface area contributed by atoms with Crippen molar-refractivity contribution in [3.8, 4) is 0 Å². The highest BCUT2D eigenvalue weighted by atomic mass is 16.5. The highest BCUT2D eigenvalue weighted by Crippen LogP contribution is 2.24. The number of hydrogen-bond donors (Lipinski definition) is 1. The molecule has 0 radical (unpaired) electrons. The smallest absolute Gasteiger partial charge is 0.338 e. The van der Waals surface area contributed by atoms with Crippen LogP contribution in [0.15, 0.2) is 48.5 Å². The minimum atomic E-state index is -0.727. The van der Waals surface area contributed by atoms with E-state index in [1.165, 1.54) is 23.1 Å². The number of benzene rings is 2. The van der Waals surface area contributed by atoms with Gasteiger partial charge in [0.1, 0.15) is 0 Å². The summed E-state index contributed by atoms with van der Waals surface area (Å²) in [6, 6.07) is 13.6. The lowest BCUT2D eigenvalue weighted by Crippen LogP contribution is -2.30. The molecule has 0 saturated carbocycles. The fraction of sp³-hybridized carbons (Fsp3) is 0.273. The number of esters is 1. The van der Waals surface area contributed by atoms with Crippen LogP contribution in [0.2, 0.25) is 0 Å². The highest BCUT2D eigenvalue weighted by Gasteiger charge is 2.35. The van der Waals surface area contributed by atoms with Gasteiger partial charge in [-0.3, -0.25) is 19.3 Å². The zero-order valence-electron chi connectivity index (χ0n) is 16.1. The molecule has 1 aliphatic rings. The second-order valence-corrected chi connectivity index (χ2v) is 6.71. The van der Waals surface area contributed by atoms with Crippen LogP contribution < -0.4 is 5.32 Å². The van der Waals surface area contributed by atoms with Crippen LogP contribution in [0, 0.1) is 0 Å². The maximum atomic E-state index is 12.5. The van der Waals surface area contributed by atoms with E-state index in [4.69, 9.17) is 4.74 Å². The predicted octanol–water partition coefficient (Wildman–Crippen LogP) is 2.56. The first-order chi connectivity index (χ1) is 14.0. The number of hydrogen-bond acceptors (Lipinski definition) is 5. The Bertz CT molecular complexity index is 939. The summed E-state index contributed by atoms with van der Waals surface area (Å²) < 4.78 is 5.03. The van der Waals surface area contributed by atoms with Gasteiger partial charge in [0.15, 0.2) is 6.61 Å². The summed E-state index contributed by atoms with van der Waals surface area (Å²) in [4.78, 5) is 50.1. The van der Waals surface area contributed by atoms with Crippen LogP contribution in [0.3, 0.4) is 0 Å². The molecular weight excluding hydrogens is 372 g/mol. The Kier molecular flexibility index (Phi) is 6.39. The van der Waals surface area contributed by atoms with Crippen molar-refractivity contribution in [2.24, 2.45) is 0 Å². The molecule has 0 spiro atoms. The van der Waals surface area contributed by atoms with Gasteiger partial charge in [0.25, 0.3) is 17.7 Å². The lowest BCUT2D eigenvalue weighted by atomic mass is 10.1. The summed E-state index contributed by atoms with van der Waals surface area (Å²) in [5.41, 5.74) is 1.53. The van der Waals surface area contributed by atoms with Crippen LogP contribution in [0.25, 0.3) is 0 Å². The van der Waals surface area contributed by atoms with Crippen molar-refractivity contribution >= 4 is 23.7 Å². The third-order valence-corrected chi connectivity index (χ3v) is 4.61. The molecule has 0 aromatic heterocycles. The molecule has 7 nitrogen and oxygen atoms in total. The molecule has 7 heteroatoms. The van der Waals surface area contributed by atoms with E-state index in [1.807, 2.05) is 37.3 Å². The molecule has 0 atom stereocenters. The Morgan fingerprint density at radius 3 is 2.45 bits per heavy atom. The van der Waals surface area contributed by atoms with Crippen LogP contribution in [0.5, 0.6) is 0 Å². The second-order valence-electron chi connectivity index (χ2n) is 6.71. The van der Waals surface area contributed by atoms with E-state index in [9.17, 15) is 19.2 Å². The van der Waals surface area contributed by atoms with E-state index < -0.39 is 24.4 Å². The number of imide groups is 1. The van der Waals surface area contributed by atoms with E-state index >= 15 is 0 Å². The molecule has 29 heavy (non-hydrogen) atoms. The molecular formula is C22H22N2O5. The summed E-state index contributed by atoms with van der Waals surface area (Å²) in [5.74, 6) is -1.91. The Balaban J connectivity index is 1.57. The number of amides is 3. The molecule has 1 heterocycles. The van der Waals surface area contributed by atoms with Crippen LogP contribution >= 0.6 is 0 Å². The van der Waals surface area contributed by atoms with Crippen LogP contribution in [0.1, 0.15) is 56.4 Å². The summed E-state index contributed by atoms with van der Waals surface area (Å²) in [6.45, 7) is 2.23. The molecule has 0 aliphatic carbocycles. The maximum absolute atomic E-state index is 12.5. The van der Waals surface area contributed by atoms with Gasteiger partial charge < -0.3 is 10.1 Å². The Morgan fingerprint density at radius 1 is 1.00 bits per heavy atom. The maximum Gasteiger partial charge on any atom is 0.338 e. The van der Waals surface area contributed by atoms with Gasteiger partial charge in [0, 0.05) is 13.1 Å². The topological polar surface area (TPSA) is 92.8 Å². The number of carbonyl (C=O) groups excluding carboxylic acids is 4. The molecule has 1 aliphatic heterocycles. The van der Waals surface area contributed by atoms with Crippen molar-refractivity contribution in [3.05, 3.63) is 70.8 Å². The number of unbranched alkanes of at least 4 members (excludes halogenated alkanes) is 1. The van der Waals surface area contributed by atoms with E-state index in [0.717, 1.165) is 18.4 Å². The number of carbonyl (C=O) groups is 4. The molecule has 0 fully saturated rings. The Morgan fingerprint density at radius 2 is 1.72 bits per heavy atom. The van der Waals surface area contributed by atoms with Crippen molar-refractivity contribution in [2.75, 3.05) is 13.2 Å². The highest BCUT2D eigenvalue weighted by molar-refractivity contribution is 6.21. The first-order valence-electron chi connectivity index (χ1n) is 9.49. The average molecular weight is 394 g/mol. The number of nitrogens with zero attached hydrogens (tertiary/aromatic N) is 1. The first-order valence-corrected chi connectivity index (χ1v) is 9.49. The molecule has 0 saturated heterocycles. The van der Waals surface area contributed by atoms with Gasteiger partial charge in [0.2, 0.25) is 0 Å².